The van der Waals surface area contributed by atoms with Crippen molar-refractivity contribution in [3.63, 3.8) is 0 Å². The van der Waals surface area contributed by atoms with Crippen LogP contribution in [0.15, 0.2) is 95.7 Å². The number of thiazole rings is 2. The first-order valence-corrected chi connectivity index (χ1v) is 12.5. The Hall–Kier alpha value is -4.40. The van der Waals surface area contributed by atoms with Gasteiger partial charge in [-0.05, 0) is 23.3 Å². The third-order valence-electron chi connectivity index (χ3n) is 4.91. The fourth-order valence-electron chi connectivity index (χ4n) is 3.16. The molecule has 0 unspecified atom stereocenters. The van der Waals surface area contributed by atoms with E-state index in [1.165, 1.54) is 34.8 Å². The SMILES string of the molecule is O=C(O)/C(=C/C=C\c1ccccc1)c1csc(-c2nc(/C(=C\C=C/c3ccccc3)C(=O)O)cs2)n1. The third kappa shape index (κ3) is 6.38. The molecule has 0 spiro atoms. The van der Waals surface area contributed by atoms with Gasteiger partial charge in [0.15, 0.2) is 10.0 Å². The highest BCUT2D eigenvalue weighted by Gasteiger charge is 2.18. The highest BCUT2D eigenvalue weighted by atomic mass is 32.1. The van der Waals surface area contributed by atoms with Crippen molar-refractivity contribution in [3.05, 3.63) is 118 Å². The number of carboxylic acids is 2. The van der Waals surface area contributed by atoms with Crippen molar-refractivity contribution in [1.82, 2.24) is 9.97 Å². The zero-order valence-electron chi connectivity index (χ0n) is 18.8. The summed E-state index contributed by atoms with van der Waals surface area (Å²) in [4.78, 5) is 32.6. The van der Waals surface area contributed by atoms with E-state index in [0.29, 0.717) is 21.4 Å². The van der Waals surface area contributed by atoms with Crippen molar-refractivity contribution < 1.29 is 19.8 Å². The maximum absolute atomic E-state index is 11.8. The molecule has 0 atom stereocenters. The lowest BCUT2D eigenvalue weighted by atomic mass is 10.1. The molecule has 0 aliphatic carbocycles. The van der Waals surface area contributed by atoms with Crippen LogP contribution >= 0.6 is 22.7 Å². The Morgan fingerprint density at radius 2 is 1.03 bits per heavy atom. The fourth-order valence-corrected chi connectivity index (χ4v) is 4.85. The predicted molar refractivity (Wildman–Crippen MR) is 145 cm³/mol. The van der Waals surface area contributed by atoms with Gasteiger partial charge in [-0.1, -0.05) is 85.0 Å². The number of allylic oxidation sites excluding steroid dienone is 4. The first kappa shape index (κ1) is 24.7. The van der Waals surface area contributed by atoms with Crippen LogP contribution in [0.3, 0.4) is 0 Å². The summed E-state index contributed by atoms with van der Waals surface area (Å²) < 4.78 is 0. The van der Waals surface area contributed by atoms with Crippen molar-refractivity contribution in [3.8, 4) is 10.0 Å². The van der Waals surface area contributed by atoms with Gasteiger partial charge < -0.3 is 10.2 Å². The smallest absolute Gasteiger partial charge is 0.337 e. The van der Waals surface area contributed by atoms with Gasteiger partial charge >= 0.3 is 11.9 Å². The maximum Gasteiger partial charge on any atom is 0.337 e. The van der Waals surface area contributed by atoms with Crippen LogP contribution in [0.25, 0.3) is 33.3 Å². The summed E-state index contributed by atoms with van der Waals surface area (Å²) in [5.41, 5.74) is 2.65. The second-order valence-corrected chi connectivity index (χ2v) is 9.10. The summed E-state index contributed by atoms with van der Waals surface area (Å²) in [6, 6.07) is 19.1. The summed E-state index contributed by atoms with van der Waals surface area (Å²) in [7, 11) is 0. The first-order valence-electron chi connectivity index (χ1n) is 10.8. The van der Waals surface area contributed by atoms with E-state index in [1.807, 2.05) is 72.8 Å². The summed E-state index contributed by atoms with van der Waals surface area (Å²) in [6.07, 6.45) is 9.99. The number of aromatic nitrogens is 2. The van der Waals surface area contributed by atoms with E-state index in [2.05, 4.69) is 9.97 Å². The second kappa shape index (κ2) is 11.8. The molecular weight excluding hydrogens is 492 g/mol. The maximum atomic E-state index is 11.8. The van der Waals surface area contributed by atoms with E-state index in [4.69, 9.17) is 0 Å². The molecule has 0 fully saturated rings. The van der Waals surface area contributed by atoms with Crippen LogP contribution in [-0.2, 0) is 9.59 Å². The molecule has 4 rings (SSSR count). The van der Waals surface area contributed by atoms with Gasteiger partial charge in [0.1, 0.15) is 0 Å². The average molecular weight is 513 g/mol. The normalized spacial score (nSPS) is 12.4. The van der Waals surface area contributed by atoms with Crippen molar-refractivity contribution in [2.45, 2.75) is 0 Å². The van der Waals surface area contributed by atoms with Crippen LogP contribution in [0.5, 0.6) is 0 Å². The molecule has 0 saturated heterocycles. The Morgan fingerprint density at radius 1 is 0.639 bits per heavy atom. The standard InChI is InChI=1S/C28H20N2O4S2/c31-27(32)21(15-7-13-19-9-3-1-4-10-19)23-17-35-25(29-23)26-30-24(18-36-26)22(28(33)34)16-8-14-20-11-5-2-6-12-20/h1-18H,(H,31,32)(H,33,34)/b13-7-,14-8-,21-15+,22-16+. The van der Waals surface area contributed by atoms with E-state index in [-0.39, 0.29) is 11.1 Å². The van der Waals surface area contributed by atoms with Crippen molar-refractivity contribution in [2.24, 2.45) is 0 Å². The van der Waals surface area contributed by atoms with Gasteiger partial charge in [-0.2, -0.15) is 0 Å². The van der Waals surface area contributed by atoms with Crippen LogP contribution < -0.4 is 0 Å². The van der Waals surface area contributed by atoms with Crippen molar-refractivity contribution in [1.29, 1.82) is 0 Å². The van der Waals surface area contributed by atoms with Crippen LogP contribution in [0, 0.1) is 0 Å². The minimum absolute atomic E-state index is 0.0543. The number of carbonyl (C=O) groups is 2. The molecule has 178 valence electrons. The second-order valence-electron chi connectivity index (χ2n) is 7.39. The largest absolute Gasteiger partial charge is 0.478 e. The molecular formula is C28H20N2O4S2. The molecule has 0 aliphatic heterocycles. The molecule has 8 heteroatoms. The quantitative estimate of drug-likeness (QED) is 0.193. The van der Waals surface area contributed by atoms with Gasteiger partial charge in [0.05, 0.1) is 22.5 Å². The van der Waals surface area contributed by atoms with Crippen LogP contribution in [0.1, 0.15) is 22.5 Å². The number of nitrogens with zero attached hydrogens (tertiary/aromatic N) is 2. The molecule has 0 radical (unpaired) electrons. The van der Waals surface area contributed by atoms with Crippen molar-refractivity contribution in [2.75, 3.05) is 0 Å². The lowest BCUT2D eigenvalue weighted by molar-refractivity contribution is -0.131. The zero-order valence-corrected chi connectivity index (χ0v) is 20.4. The molecule has 4 aromatic rings. The highest BCUT2D eigenvalue weighted by Crippen LogP contribution is 2.31. The Bertz CT molecular complexity index is 1370. The topological polar surface area (TPSA) is 100 Å². The van der Waals surface area contributed by atoms with E-state index in [9.17, 15) is 19.8 Å². The van der Waals surface area contributed by atoms with E-state index >= 15 is 0 Å². The van der Waals surface area contributed by atoms with Crippen molar-refractivity contribution >= 4 is 57.9 Å². The lowest BCUT2D eigenvalue weighted by Gasteiger charge is -1.97. The summed E-state index contributed by atoms with van der Waals surface area (Å²) >= 11 is 2.51. The summed E-state index contributed by atoms with van der Waals surface area (Å²) in [5.74, 6) is -2.18. The molecule has 2 aromatic carbocycles. The monoisotopic (exact) mass is 512 g/mol. The first-order chi connectivity index (χ1) is 17.5. The molecule has 2 heterocycles. The number of hydrogen-bond donors (Lipinski definition) is 2. The minimum Gasteiger partial charge on any atom is -0.478 e. The Labute approximate surface area is 215 Å². The number of hydrogen-bond acceptors (Lipinski definition) is 6. The summed E-state index contributed by atoms with van der Waals surface area (Å²) in [5, 5.41) is 23.7. The predicted octanol–water partition coefficient (Wildman–Crippen LogP) is 6.63. The van der Waals surface area contributed by atoms with E-state index in [0.717, 1.165) is 11.1 Å². The highest BCUT2D eigenvalue weighted by molar-refractivity contribution is 7.19. The number of rotatable bonds is 9. The zero-order chi connectivity index (χ0) is 25.3. The van der Waals surface area contributed by atoms with Gasteiger partial charge in [-0.15, -0.1) is 22.7 Å². The molecule has 36 heavy (non-hydrogen) atoms. The van der Waals surface area contributed by atoms with Gasteiger partial charge in [0, 0.05) is 10.8 Å². The number of carboxylic acid groups (broad SMARTS) is 2. The molecule has 2 N–H and O–H groups in total. The number of benzene rings is 2. The van der Waals surface area contributed by atoms with Gasteiger partial charge in [0.2, 0.25) is 0 Å². The molecule has 0 aliphatic rings. The Morgan fingerprint density at radius 3 is 1.39 bits per heavy atom. The Balaban J connectivity index is 1.55. The van der Waals surface area contributed by atoms with E-state index in [1.54, 1.807) is 22.9 Å². The summed E-state index contributed by atoms with van der Waals surface area (Å²) in [6.45, 7) is 0. The van der Waals surface area contributed by atoms with Gasteiger partial charge in [-0.3, -0.25) is 0 Å². The van der Waals surface area contributed by atoms with Crippen LogP contribution in [0.2, 0.25) is 0 Å². The molecule has 2 aromatic heterocycles. The molecule has 0 bridgehead atoms. The third-order valence-corrected chi connectivity index (χ3v) is 6.73. The van der Waals surface area contributed by atoms with Crippen LogP contribution in [-0.4, -0.2) is 32.1 Å². The van der Waals surface area contributed by atoms with Gasteiger partial charge in [0.25, 0.3) is 0 Å². The average Bonchev–Trinajstić information content (AvgIpc) is 3.55. The Kier molecular flexibility index (Phi) is 8.12. The van der Waals surface area contributed by atoms with E-state index < -0.39 is 11.9 Å². The fraction of sp³-hybridized carbons (Fsp3) is 0. The molecule has 0 saturated carbocycles. The lowest BCUT2D eigenvalue weighted by Crippen LogP contribution is -2.00. The van der Waals surface area contributed by atoms with Gasteiger partial charge in [-0.25, -0.2) is 19.6 Å². The minimum atomic E-state index is -1.09. The molecule has 6 nitrogen and oxygen atoms in total. The number of aliphatic carboxylic acids is 2. The van der Waals surface area contributed by atoms with Crippen LogP contribution in [0.4, 0.5) is 0 Å². The molecule has 0 amide bonds.